The van der Waals surface area contributed by atoms with Crippen molar-refractivity contribution in [2.45, 2.75) is 65.3 Å². The van der Waals surface area contributed by atoms with E-state index in [4.69, 9.17) is 4.98 Å². The summed E-state index contributed by atoms with van der Waals surface area (Å²) in [4.78, 5) is 11.8. The first-order chi connectivity index (χ1) is 9.67. The van der Waals surface area contributed by atoms with E-state index in [-0.39, 0.29) is 0 Å². The van der Waals surface area contributed by atoms with Gasteiger partial charge in [-0.2, -0.15) is 0 Å². The zero-order valence-electron chi connectivity index (χ0n) is 13.4. The van der Waals surface area contributed by atoms with Crippen LogP contribution in [0.5, 0.6) is 0 Å². The van der Waals surface area contributed by atoms with Crippen LogP contribution in [-0.2, 0) is 6.42 Å². The second-order valence-corrected chi connectivity index (χ2v) is 5.72. The lowest BCUT2D eigenvalue weighted by molar-refractivity contribution is 0.425. The lowest BCUT2D eigenvalue weighted by atomic mass is 9.94. The van der Waals surface area contributed by atoms with E-state index < -0.39 is 0 Å². The van der Waals surface area contributed by atoms with Crippen LogP contribution < -0.4 is 10.2 Å². The molecule has 0 bridgehead atoms. The Bertz CT molecular complexity index is 438. The van der Waals surface area contributed by atoms with E-state index in [0.29, 0.717) is 6.04 Å². The maximum atomic E-state index is 4.78. The molecule has 0 unspecified atom stereocenters. The molecule has 0 atom stereocenters. The fraction of sp³-hybridized carbons (Fsp3) is 0.750. The number of nitrogens with zero attached hydrogens (tertiary/aromatic N) is 3. The minimum Gasteiger partial charge on any atom is -0.370 e. The van der Waals surface area contributed by atoms with Crippen LogP contribution in [0.1, 0.15) is 57.3 Å². The van der Waals surface area contributed by atoms with Crippen molar-refractivity contribution in [2.75, 3.05) is 23.8 Å². The maximum absolute atomic E-state index is 4.78. The predicted molar refractivity (Wildman–Crippen MR) is 85.6 cm³/mol. The molecule has 0 spiro atoms. The molecule has 0 aliphatic heterocycles. The summed E-state index contributed by atoms with van der Waals surface area (Å²) in [5, 5.41) is 3.37. The van der Waals surface area contributed by atoms with Gasteiger partial charge in [0.05, 0.1) is 0 Å². The molecule has 1 heterocycles. The summed E-state index contributed by atoms with van der Waals surface area (Å²) < 4.78 is 0. The van der Waals surface area contributed by atoms with Crippen LogP contribution in [0.4, 0.5) is 11.6 Å². The normalized spacial score (nSPS) is 16.2. The first kappa shape index (κ1) is 15.1. The number of hydrogen-bond acceptors (Lipinski definition) is 4. The fourth-order valence-electron chi connectivity index (χ4n) is 3.03. The molecule has 0 aromatic carbocycles. The van der Waals surface area contributed by atoms with Gasteiger partial charge in [0.2, 0.25) is 0 Å². The SMILES string of the molecule is CCNc1nc(CC)nc(N(C)C2CCCCC2)c1C. The zero-order chi connectivity index (χ0) is 14.5. The van der Waals surface area contributed by atoms with E-state index in [9.17, 15) is 0 Å². The molecular weight excluding hydrogens is 248 g/mol. The van der Waals surface area contributed by atoms with E-state index in [0.717, 1.165) is 30.4 Å². The van der Waals surface area contributed by atoms with Crippen LogP contribution in [0.25, 0.3) is 0 Å². The molecule has 20 heavy (non-hydrogen) atoms. The average Bonchev–Trinajstić information content (AvgIpc) is 2.49. The number of hydrogen-bond donors (Lipinski definition) is 1. The lowest BCUT2D eigenvalue weighted by Gasteiger charge is -2.33. The van der Waals surface area contributed by atoms with E-state index in [1.807, 2.05) is 0 Å². The van der Waals surface area contributed by atoms with Crippen molar-refractivity contribution in [3.05, 3.63) is 11.4 Å². The Kier molecular flexibility index (Phi) is 5.21. The van der Waals surface area contributed by atoms with Crippen LogP contribution >= 0.6 is 0 Å². The van der Waals surface area contributed by atoms with Crippen LogP contribution in [0.3, 0.4) is 0 Å². The van der Waals surface area contributed by atoms with Crippen LogP contribution in [0, 0.1) is 6.92 Å². The topological polar surface area (TPSA) is 41.1 Å². The Morgan fingerprint density at radius 3 is 2.45 bits per heavy atom. The summed E-state index contributed by atoms with van der Waals surface area (Å²) in [7, 11) is 2.19. The van der Waals surface area contributed by atoms with Gasteiger partial charge in [0, 0.05) is 31.6 Å². The smallest absolute Gasteiger partial charge is 0.137 e. The highest BCUT2D eigenvalue weighted by Gasteiger charge is 2.22. The molecular formula is C16H28N4. The molecule has 4 nitrogen and oxygen atoms in total. The Balaban J connectivity index is 2.30. The zero-order valence-corrected chi connectivity index (χ0v) is 13.4. The summed E-state index contributed by atoms with van der Waals surface area (Å²) in [5.74, 6) is 3.04. The first-order valence-corrected chi connectivity index (χ1v) is 8.01. The minimum atomic E-state index is 0.636. The fourth-order valence-corrected chi connectivity index (χ4v) is 3.03. The molecule has 1 aromatic rings. The number of rotatable bonds is 5. The molecule has 2 rings (SSSR count). The first-order valence-electron chi connectivity index (χ1n) is 8.01. The van der Waals surface area contributed by atoms with Crippen LogP contribution in [0.15, 0.2) is 0 Å². The number of anilines is 2. The molecule has 1 aliphatic rings. The maximum Gasteiger partial charge on any atom is 0.137 e. The molecule has 1 aliphatic carbocycles. The van der Waals surface area contributed by atoms with Crippen molar-refractivity contribution in [1.82, 2.24) is 9.97 Å². The van der Waals surface area contributed by atoms with Crippen molar-refractivity contribution in [3.8, 4) is 0 Å². The average molecular weight is 276 g/mol. The van der Waals surface area contributed by atoms with Gasteiger partial charge in [0.1, 0.15) is 17.5 Å². The van der Waals surface area contributed by atoms with Crippen molar-refractivity contribution in [2.24, 2.45) is 0 Å². The van der Waals surface area contributed by atoms with Crippen molar-refractivity contribution in [1.29, 1.82) is 0 Å². The highest BCUT2D eigenvalue weighted by molar-refractivity contribution is 5.58. The van der Waals surface area contributed by atoms with Gasteiger partial charge < -0.3 is 10.2 Å². The van der Waals surface area contributed by atoms with Crippen molar-refractivity contribution in [3.63, 3.8) is 0 Å². The minimum absolute atomic E-state index is 0.636. The van der Waals surface area contributed by atoms with Gasteiger partial charge in [-0.3, -0.25) is 0 Å². The third kappa shape index (κ3) is 3.22. The monoisotopic (exact) mass is 276 g/mol. The highest BCUT2D eigenvalue weighted by Crippen LogP contribution is 2.29. The summed E-state index contributed by atoms with van der Waals surface area (Å²) in [6.07, 6.45) is 7.54. The molecule has 1 fully saturated rings. The van der Waals surface area contributed by atoms with E-state index in [2.05, 4.69) is 43.0 Å². The molecule has 0 saturated heterocycles. The molecule has 1 N–H and O–H groups in total. The Labute approximate surface area is 123 Å². The quantitative estimate of drug-likeness (QED) is 0.893. The summed E-state index contributed by atoms with van der Waals surface area (Å²) >= 11 is 0. The Hall–Kier alpha value is -1.32. The Morgan fingerprint density at radius 2 is 1.85 bits per heavy atom. The molecule has 1 aromatic heterocycles. The third-order valence-electron chi connectivity index (χ3n) is 4.28. The van der Waals surface area contributed by atoms with Crippen LogP contribution in [-0.4, -0.2) is 29.6 Å². The van der Waals surface area contributed by atoms with Crippen molar-refractivity contribution < 1.29 is 0 Å². The molecule has 0 radical (unpaired) electrons. The summed E-state index contributed by atoms with van der Waals surface area (Å²) in [5.41, 5.74) is 1.18. The van der Waals surface area contributed by atoms with Crippen LogP contribution in [0.2, 0.25) is 0 Å². The Morgan fingerprint density at radius 1 is 1.15 bits per heavy atom. The van der Waals surface area contributed by atoms with Gasteiger partial charge in [0.25, 0.3) is 0 Å². The summed E-state index contributed by atoms with van der Waals surface area (Å²) in [6.45, 7) is 7.25. The number of aryl methyl sites for hydroxylation is 1. The number of aromatic nitrogens is 2. The van der Waals surface area contributed by atoms with Crippen molar-refractivity contribution >= 4 is 11.6 Å². The molecule has 4 heteroatoms. The standard InChI is InChI=1S/C16H28N4/c1-5-14-18-15(17-6-2)12(3)16(19-14)20(4)13-10-8-7-9-11-13/h13H,5-11H2,1-4H3,(H,17,18,19). The third-order valence-corrected chi connectivity index (χ3v) is 4.28. The van der Waals surface area contributed by atoms with Gasteiger partial charge in [-0.05, 0) is 26.7 Å². The number of nitrogens with one attached hydrogen (secondary N) is 1. The van der Waals surface area contributed by atoms with Gasteiger partial charge >= 0.3 is 0 Å². The summed E-state index contributed by atoms with van der Waals surface area (Å²) in [6, 6.07) is 0.636. The largest absolute Gasteiger partial charge is 0.370 e. The van der Waals surface area contributed by atoms with Gasteiger partial charge in [0.15, 0.2) is 0 Å². The van der Waals surface area contributed by atoms with Gasteiger partial charge in [-0.25, -0.2) is 9.97 Å². The second kappa shape index (κ2) is 6.91. The lowest BCUT2D eigenvalue weighted by Crippen LogP contribution is -2.35. The molecule has 112 valence electrons. The molecule has 1 saturated carbocycles. The van der Waals surface area contributed by atoms with Gasteiger partial charge in [-0.1, -0.05) is 26.2 Å². The molecule has 0 amide bonds. The second-order valence-electron chi connectivity index (χ2n) is 5.72. The predicted octanol–water partition coefficient (Wildman–Crippen LogP) is 3.55. The highest BCUT2D eigenvalue weighted by atomic mass is 15.2. The van der Waals surface area contributed by atoms with E-state index >= 15 is 0 Å². The van der Waals surface area contributed by atoms with Gasteiger partial charge in [-0.15, -0.1) is 0 Å². The van der Waals surface area contributed by atoms with E-state index in [1.165, 1.54) is 37.7 Å². The van der Waals surface area contributed by atoms with E-state index in [1.54, 1.807) is 0 Å².